The highest BCUT2D eigenvalue weighted by atomic mass is 35.5. The van der Waals surface area contributed by atoms with Crippen molar-refractivity contribution in [3.63, 3.8) is 0 Å². The molecule has 1 saturated heterocycles. The summed E-state index contributed by atoms with van der Waals surface area (Å²) in [7, 11) is 1.56. The lowest BCUT2D eigenvalue weighted by atomic mass is 9.88. The Balaban J connectivity index is 1.47. The van der Waals surface area contributed by atoms with Crippen molar-refractivity contribution < 1.29 is 22.7 Å². The van der Waals surface area contributed by atoms with Crippen molar-refractivity contribution in [2.24, 2.45) is 0 Å². The van der Waals surface area contributed by atoms with E-state index in [4.69, 9.17) is 16.3 Å². The van der Waals surface area contributed by atoms with Crippen molar-refractivity contribution in [3.05, 3.63) is 82.9 Å². The molecule has 0 saturated carbocycles. The molecule has 2 N–H and O–H groups in total. The Kier molecular flexibility index (Phi) is 7.95. The minimum absolute atomic E-state index is 0.150. The average Bonchev–Trinajstić information content (AvgIpc) is 2.86. The molecule has 0 radical (unpaired) electrons. The second-order valence-corrected chi connectivity index (χ2v) is 8.95. The number of methoxy groups -OCH3 is 1. The fourth-order valence-corrected chi connectivity index (χ4v) is 4.31. The van der Waals surface area contributed by atoms with Crippen LogP contribution in [0.3, 0.4) is 0 Å². The molecular formula is C25H25ClF3N5O2. The molecular weight excluding hydrogens is 495 g/mol. The average molecular weight is 520 g/mol. The van der Waals surface area contributed by atoms with Crippen molar-refractivity contribution in [1.82, 2.24) is 20.2 Å². The number of likely N-dealkylation sites (tertiary alicyclic amines) is 1. The zero-order chi connectivity index (χ0) is 25.7. The van der Waals surface area contributed by atoms with E-state index in [2.05, 4.69) is 25.5 Å². The van der Waals surface area contributed by atoms with Gasteiger partial charge in [0, 0.05) is 54.2 Å². The molecule has 3 aromatic rings. The number of carbonyl (C=O) groups excluding carboxylic acids is 1. The predicted octanol–water partition coefficient (Wildman–Crippen LogP) is 5.34. The van der Waals surface area contributed by atoms with E-state index in [1.807, 2.05) is 12.1 Å². The van der Waals surface area contributed by atoms with Gasteiger partial charge in [-0.15, -0.1) is 0 Å². The Hall–Kier alpha value is -3.37. The lowest BCUT2D eigenvalue weighted by Crippen LogP contribution is -2.50. The van der Waals surface area contributed by atoms with E-state index >= 15 is 0 Å². The van der Waals surface area contributed by atoms with Gasteiger partial charge in [-0.25, -0.2) is 4.79 Å². The van der Waals surface area contributed by atoms with Gasteiger partial charge in [-0.05, 0) is 54.4 Å². The summed E-state index contributed by atoms with van der Waals surface area (Å²) in [6, 6.07) is 12.4. The van der Waals surface area contributed by atoms with Crippen LogP contribution in [0.2, 0.25) is 5.02 Å². The molecule has 0 aliphatic carbocycles. The number of benzene rings is 1. The van der Waals surface area contributed by atoms with Crippen LogP contribution in [-0.4, -0.2) is 47.1 Å². The molecule has 1 aromatic carbocycles. The largest absolute Gasteiger partial charge is 0.495 e. The van der Waals surface area contributed by atoms with E-state index < -0.39 is 11.9 Å². The molecule has 4 rings (SSSR count). The van der Waals surface area contributed by atoms with Gasteiger partial charge in [-0.2, -0.15) is 13.2 Å². The first-order valence-electron chi connectivity index (χ1n) is 11.3. The van der Waals surface area contributed by atoms with Gasteiger partial charge in [-0.1, -0.05) is 17.7 Å². The third kappa shape index (κ3) is 6.64. The molecule has 0 spiro atoms. The molecule has 1 fully saturated rings. The van der Waals surface area contributed by atoms with Crippen LogP contribution in [0.15, 0.2) is 60.9 Å². The number of carbonyl (C=O) groups is 1. The molecule has 7 nitrogen and oxygen atoms in total. The number of nitrogens with zero attached hydrogens (tertiary/aromatic N) is 3. The van der Waals surface area contributed by atoms with Gasteiger partial charge in [0.1, 0.15) is 11.4 Å². The number of alkyl halides is 3. The van der Waals surface area contributed by atoms with Crippen molar-refractivity contribution >= 4 is 23.3 Å². The number of piperidine rings is 1. The minimum atomic E-state index is -4.47. The topological polar surface area (TPSA) is 79.4 Å². The number of hydrogen-bond acceptors (Lipinski definition) is 5. The van der Waals surface area contributed by atoms with E-state index in [9.17, 15) is 18.0 Å². The smallest absolute Gasteiger partial charge is 0.433 e. The molecule has 2 amide bonds. The second kappa shape index (κ2) is 11.1. The number of ether oxygens (including phenoxy) is 1. The van der Waals surface area contributed by atoms with E-state index in [-0.39, 0.29) is 18.0 Å². The Morgan fingerprint density at radius 1 is 1.11 bits per heavy atom. The summed E-state index contributed by atoms with van der Waals surface area (Å²) in [5, 5.41) is 6.43. The quantitative estimate of drug-likeness (QED) is 0.460. The normalized spacial score (nSPS) is 18.5. The van der Waals surface area contributed by atoms with Gasteiger partial charge >= 0.3 is 12.2 Å². The summed E-state index contributed by atoms with van der Waals surface area (Å²) in [5.74, 6) is 0.468. The molecule has 0 unspecified atom stereocenters. The SMILES string of the molecule is COc1ccc([C@@H]2CN(Cc3ccc(C(F)(F)F)nc3)CC[C@H]2NC(=O)Nc2ccc(Cl)cc2)nc1. The standard InChI is InChI=1S/C25H25ClF3N5O2/c1-36-19-7-8-21(30-13-19)20-15-34(14-16-2-9-23(31-12-16)25(27,28)29)11-10-22(20)33-24(35)32-18-5-3-17(26)4-6-18/h2-9,12-13,20,22H,10-11,14-15H2,1H3,(H2,32,33,35)/t20-,22+/m0/s1. The number of hydrogen-bond donors (Lipinski definition) is 2. The van der Waals surface area contributed by atoms with Crippen LogP contribution in [0.4, 0.5) is 23.7 Å². The van der Waals surface area contributed by atoms with Crippen LogP contribution in [0.5, 0.6) is 5.75 Å². The van der Waals surface area contributed by atoms with Crippen molar-refractivity contribution in [3.8, 4) is 5.75 Å². The molecule has 11 heteroatoms. The summed E-state index contributed by atoms with van der Waals surface area (Å²) < 4.78 is 43.7. The highest BCUT2D eigenvalue weighted by molar-refractivity contribution is 6.30. The Labute approximate surface area is 211 Å². The molecule has 0 bridgehead atoms. The predicted molar refractivity (Wildman–Crippen MR) is 130 cm³/mol. The Morgan fingerprint density at radius 3 is 2.50 bits per heavy atom. The maximum Gasteiger partial charge on any atom is 0.433 e. The van der Waals surface area contributed by atoms with E-state index in [1.54, 1.807) is 37.6 Å². The van der Waals surface area contributed by atoms with Crippen LogP contribution in [-0.2, 0) is 12.7 Å². The fraction of sp³-hybridized carbons (Fsp3) is 0.320. The summed E-state index contributed by atoms with van der Waals surface area (Å²) in [6.07, 6.45) is -0.965. The van der Waals surface area contributed by atoms with Crippen LogP contribution in [0.1, 0.15) is 29.3 Å². The van der Waals surface area contributed by atoms with Crippen LogP contribution in [0.25, 0.3) is 0 Å². The molecule has 2 atom stereocenters. The lowest BCUT2D eigenvalue weighted by molar-refractivity contribution is -0.141. The number of nitrogens with one attached hydrogen (secondary N) is 2. The van der Waals surface area contributed by atoms with Gasteiger partial charge in [-0.3, -0.25) is 14.9 Å². The Bertz CT molecular complexity index is 1160. The number of amides is 2. The summed E-state index contributed by atoms with van der Waals surface area (Å²) in [5.41, 5.74) is 1.16. The monoisotopic (exact) mass is 519 g/mol. The van der Waals surface area contributed by atoms with E-state index in [1.165, 1.54) is 12.3 Å². The highest BCUT2D eigenvalue weighted by Crippen LogP contribution is 2.30. The van der Waals surface area contributed by atoms with Crippen molar-refractivity contribution in [1.29, 1.82) is 0 Å². The third-order valence-corrected chi connectivity index (χ3v) is 6.26. The maximum atomic E-state index is 12.8. The van der Waals surface area contributed by atoms with E-state index in [0.717, 1.165) is 11.8 Å². The first kappa shape index (κ1) is 25.7. The van der Waals surface area contributed by atoms with Gasteiger partial charge in [0.25, 0.3) is 0 Å². The van der Waals surface area contributed by atoms with E-state index in [0.29, 0.717) is 48.1 Å². The number of halogens is 4. The minimum Gasteiger partial charge on any atom is -0.495 e. The van der Waals surface area contributed by atoms with Gasteiger partial charge in [0.15, 0.2) is 0 Å². The number of anilines is 1. The fourth-order valence-electron chi connectivity index (χ4n) is 4.18. The molecule has 2 aromatic heterocycles. The first-order chi connectivity index (χ1) is 17.2. The lowest BCUT2D eigenvalue weighted by Gasteiger charge is -2.38. The molecule has 3 heterocycles. The van der Waals surface area contributed by atoms with Gasteiger partial charge in [0.05, 0.1) is 13.3 Å². The molecule has 36 heavy (non-hydrogen) atoms. The number of pyridine rings is 2. The van der Waals surface area contributed by atoms with Crippen molar-refractivity contribution in [2.75, 3.05) is 25.5 Å². The summed E-state index contributed by atoms with van der Waals surface area (Å²) in [4.78, 5) is 22.9. The molecule has 1 aliphatic heterocycles. The maximum absolute atomic E-state index is 12.8. The number of aromatic nitrogens is 2. The highest BCUT2D eigenvalue weighted by Gasteiger charge is 2.34. The van der Waals surface area contributed by atoms with Gasteiger partial charge < -0.3 is 15.4 Å². The zero-order valence-electron chi connectivity index (χ0n) is 19.4. The summed E-state index contributed by atoms with van der Waals surface area (Å²) >= 11 is 5.91. The third-order valence-electron chi connectivity index (χ3n) is 6.01. The Morgan fingerprint density at radius 2 is 1.89 bits per heavy atom. The first-order valence-corrected chi connectivity index (χ1v) is 11.7. The van der Waals surface area contributed by atoms with Gasteiger partial charge in [0.2, 0.25) is 0 Å². The van der Waals surface area contributed by atoms with Crippen molar-refractivity contribution in [2.45, 2.75) is 31.1 Å². The number of urea groups is 1. The number of rotatable bonds is 6. The summed E-state index contributed by atoms with van der Waals surface area (Å²) in [6.45, 7) is 1.62. The van der Waals surface area contributed by atoms with Crippen LogP contribution in [0, 0.1) is 0 Å². The van der Waals surface area contributed by atoms with Crippen LogP contribution < -0.4 is 15.4 Å². The second-order valence-electron chi connectivity index (χ2n) is 8.51. The zero-order valence-corrected chi connectivity index (χ0v) is 20.2. The molecule has 1 aliphatic rings. The van der Waals surface area contributed by atoms with Crippen LogP contribution >= 0.6 is 11.6 Å². The molecule has 190 valence electrons.